The van der Waals surface area contributed by atoms with Gasteiger partial charge in [-0.3, -0.25) is 8.89 Å². The summed E-state index contributed by atoms with van der Waals surface area (Å²) in [4.78, 5) is 8.32. The standard InChI is InChI=1S/C10H15N5OS/c1-3-17(16)5-4-11-9-8-6-14-15(2)10(8)13-7-12-9/h6-7H,3-5H2,1-2H3,(H,11,12,13). The van der Waals surface area contributed by atoms with Crippen LogP contribution in [-0.4, -0.2) is 42.0 Å². The molecule has 0 aliphatic carbocycles. The van der Waals surface area contributed by atoms with Crippen molar-refractivity contribution in [3.05, 3.63) is 12.5 Å². The van der Waals surface area contributed by atoms with E-state index in [1.807, 2.05) is 14.0 Å². The maximum absolute atomic E-state index is 11.3. The molecule has 0 aliphatic rings. The van der Waals surface area contributed by atoms with Crippen molar-refractivity contribution < 1.29 is 4.21 Å². The van der Waals surface area contributed by atoms with E-state index in [1.165, 1.54) is 6.33 Å². The van der Waals surface area contributed by atoms with Gasteiger partial charge < -0.3 is 5.32 Å². The molecule has 92 valence electrons. The Hall–Kier alpha value is -1.50. The van der Waals surface area contributed by atoms with Crippen LogP contribution in [0.15, 0.2) is 12.5 Å². The topological polar surface area (TPSA) is 72.7 Å². The molecule has 0 amide bonds. The van der Waals surface area contributed by atoms with E-state index < -0.39 is 10.8 Å². The molecule has 2 rings (SSSR count). The minimum atomic E-state index is -0.756. The molecule has 1 N–H and O–H groups in total. The van der Waals surface area contributed by atoms with Crippen LogP contribution < -0.4 is 5.32 Å². The van der Waals surface area contributed by atoms with E-state index >= 15 is 0 Å². The molecule has 0 saturated carbocycles. The smallest absolute Gasteiger partial charge is 0.163 e. The lowest BCUT2D eigenvalue weighted by Crippen LogP contribution is -2.13. The number of rotatable bonds is 5. The van der Waals surface area contributed by atoms with Crippen molar-refractivity contribution in [3.63, 3.8) is 0 Å². The summed E-state index contributed by atoms with van der Waals surface area (Å²) < 4.78 is 13.0. The number of hydrogen-bond acceptors (Lipinski definition) is 5. The highest BCUT2D eigenvalue weighted by Crippen LogP contribution is 2.17. The third-order valence-electron chi connectivity index (χ3n) is 2.47. The normalized spacial score (nSPS) is 12.8. The maximum atomic E-state index is 11.3. The summed E-state index contributed by atoms with van der Waals surface area (Å²) in [5.41, 5.74) is 0.791. The summed E-state index contributed by atoms with van der Waals surface area (Å²) in [5.74, 6) is 2.06. The van der Waals surface area contributed by atoms with E-state index in [0.29, 0.717) is 18.1 Å². The molecular formula is C10H15N5OS. The SMILES string of the molecule is CCS(=O)CCNc1ncnc2c1cnn2C. The summed E-state index contributed by atoms with van der Waals surface area (Å²) in [7, 11) is 1.08. The number of hydrogen-bond donors (Lipinski definition) is 1. The fourth-order valence-corrected chi connectivity index (χ4v) is 2.15. The molecule has 6 nitrogen and oxygen atoms in total. The van der Waals surface area contributed by atoms with Crippen molar-refractivity contribution in [1.29, 1.82) is 0 Å². The van der Waals surface area contributed by atoms with Crippen LogP contribution in [0.5, 0.6) is 0 Å². The summed E-state index contributed by atoms with van der Waals surface area (Å²) in [6, 6.07) is 0. The lowest BCUT2D eigenvalue weighted by atomic mass is 10.4. The van der Waals surface area contributed by atoms with Crippen molar-refractivity contribution in [2.75, 3.05) is 23.4 Å². The zero-order valence-corrected chi connectivity index (χ0v) is 10.7. The Bertz CT molecular complexity index is 538. The predicted molar refractivity (Wildman–Crippen MR) is 68.3 cm³/mol. The molecule has 0 aromatic carbocycles. The highest BCUT2D eigenvalue weighted by molar-refractivity contribution is 7.84. The molecule has 17 heavy (non-hydrogen) atoms. The Morgan fingerprint density at radius 2 is 2.29 bits per heavy atom. The van der Waals surface area contributed by atoms with E-state index in [1.54, 1.807) is 10.9 Å². The molecule has 0 saturated heterocycles. The lowest BCUT2D eigenvalue weighted by Gasteiger charge is -2.05. The molecule has 1 unspecified atom stereocenters. The first-order valence-electron chi connectivity index (χ1n) is 5.44. The van der Waals surface area contributed by atoms with E-state index in [-0.39, 0.29) is 0 Å². The molecule has 0 radical (unpaired) electrons. The Kier molecular flexibility index (Phi) is 3.68. The van der Waals surface area contributed by atoms with Gasteiger partial charge in [-0.15, -0.1) is 0 Å². The van der Waals surface area contributed by atoms with Gasteiger partial charge in [-0.1, -0.05) is 6.92 Å². The molecule has 1 atom stereocenters. The third-order valence-corrected chi connectivity index (χ3v) is 3.78. The first-order chi connectivity index (χ1) is 8.22. The molecule has 2 heterocycles. The van der Waals surface area contributed by atoms with Gasteiger partial charge in [0.2, 0.25) is 0 Å². The van der Waals surface area contributed by atoms with Crippen LogP contribution in [0.2, 0.25) is 0 Å². The minimum absolute atomic E-state index is 0.627. The fourth-order valence-electron chi connectivity index (χ4n) is 1.53. The van der Waals surface area contributed by atoms with Gasteiger partial charge in [-0.05, 0) is 0 Å². The van der Waals surface area contributed by atoms with Crippen LogP contribution in [0.4, 0.5) is 5.82 Å². The Morgan fingerprint density at radius 3 is 3.06 bits per heavy atom. The van der Waals surface area contributed by atoms with Crippen molar-refractivity contribution in [2.24, 2.45) is 7.05 Å². The Balaban J connectivity index is 2.11. The predicted octanol–water partition coefficient (Wildman–Crippen LogP) is 0.544. The molecule has 0 bridgehead atoms. The van der Waals surface area contributed by atoms with Gasteiger partial charge in [0.1, 0.15) is 12.1 Å². The number of anilines is 1. The number of aromatic nitrogens is 4. The number of nitrogens with one attached hydrogen (secondary N) is 1. The second kappa shape index (κ2) is 5.22. The van der Waals surface area contributed by atoms with Crippen LogP contribution in [0.1, 0.15) is 6.92 Å². The van der Waals surface area contributed by atoms with E-state index in [0.717, 1.165) is 16.9 Å². The van der Waals surface area contributed by atoms with Gasteiger partial charge in [0.15, 0.2) is 5.65 Å². The zero-order chi connectivity index (χ0) is 12.3. The number of aryl methyl sites for hydroxylation is 1. The van der Waals surface area contributed by atoms with Crippen LogP contribution in [0.25, 0.3) is 11.0 Å². The molecule has 7 heteroatoms. The van der Waals surface area contributed by atoms with Crippen molar-refractivity contribution in [2.45, 2.75) is 6.92 Å². The highest BCUT2D eigenvalue weighted by atomic mass is 32.2. The monoisotopic (exact) mass is 253 g/mol. The van der Waals surface area contributed by atoms with E-state index in [4.69, 9.17) is 0 Å². The minimum Gasteiger partial charge on any atom is -0.368 e. The summed E-state index contributed by atoms with van der Waals surface area (Å²) in [6.07, 6.45) is 3.23. The largest absolute Gasteiger partial charge is 0.368 e. The second-order valence-corrected chi connectivity index (χ2v) is 5.45. The third kappa shape index (κ3) is 2.60. The number of nitrogens with zero attached hydrogens (tertiary/aromatic N) is 4. The number of fused-ring (bicyclic) bond motifs is 1. The van der Waals surface area contributed by atoms with Crippen LogP contribution >= 0.6 is 0 Å². The van der Waals surface area contributed by atoms with Crippen molar-refractivity contribution in [3.8, 4) is 0 Å². The van der Waals surface area contributed by atoms with Gasteiger partial charge in [0.25, 0.3) is 0 Å². The molecule has 0 aliphatic heterocycles. The van der Waals surface area contributed by atoms with E-state index in [2.05, 4.69) is 20.4 Å². The van der Waals surface area contributed by atoms with Crippen LogP contribution in [0, 0.1) is 0 Å². The fraction of sp³-hybridized carbons (Fsp3) is 0.500. The lowest BCUT2D eigenvalue weighted by molar-refractivity contribution is 0.684. The molecule has 0 spiro atoms. The van der Waals surface area contributed by atoms with Gasteiger partial charge in [0.05, 0.1) is 11.6 Å². The van der Waals surface area contributed by atoms with Crippen molar-refractivity contribution in [1.82, 2.24) is 19.7 Å². The quantitative estimate of drug-likeness (QED) is 0.842. The molecule has 0 fully saturated rings. The zero-order valence-electron chi connectivity index (χ0n) is 9.88. The van der Waals surface area contributed by atoms with E-state index in [9.17, 15) is 4.21 Å². The van der Waals surface area contributed by atoms with Gasteiger partial charge in [-0.2, -0.15) is 5.10 Å². The first-order valence-corrected chi connectivity index (χ1v) is 6.92. The molecule has 2 aromatic rings. The van der Waals surface area contributed by atoms with Gasteiger partial charge >= 0.3 is 0 Å². The Labute approximate surface area is 102 Å². The van der Waals surface area contributed by atoms with Gasteiger partial charge in [-0.25, -0.2) is 9.97 Å². The van der Waals surface area contributed by atoms with Crippen LogP contribution in [-0.2, 0) is 17.8 Å². The first kappa shape index (κ1) is 12.0. The van der Waals surface area contributed by atoms with Crippen molar-refractivity contribution >= 4 is 27.7 Å². The van der Waals surface area contributed by atoms with Crippen LogP contribution in [0.3, 0.4) is 0 Å². The average molecular weight is 253 g/mol. The summed E-state index contributed by atoms with van der Waals surface area (Å²) >= 11 is 0. The highest BCUT2D eigenvalue weighted by Gasteiger charge is 2.07. The van der Waals surface area contributed by atoms with Gasteiger partial charge in [0, 0.05) is 35.9 Å². The molecular weight excluding hydrogens is 238 g/mol. The average Bonchev–Trinajstić information content (AvgIpc) is 2.72. The Morgan fingerprint density at radius 1 is 1.47 bits per heavy atom. The maximum Gasteiger partial charge on any atom is 0.163 e. The second-order valence-electron chi connectivity index (χ2n) is 3.59. The summed E-state index contributed by atoms with van der Waals surface area (Å²) in [5, 5.41) is 8.19. The summed E-state index contributed by atoms with van der Waals surface area (Å²) in [6.45, 7) is 2.56. The molecule has 2 aromatic heterocycles.